The van der Waals surface area contributed by atoms with Gasteiger partial charge in [-0.2, -0.15) is 5.10 Å². The standard InChI is InChI=1S/C25H27N3O2/c1-5-12-28-21-11-10-18(13-20(21)17(2)15-25(28,3)4)16-26-27-24(29)23-14-19-8-6-7-9-22(19)30-23/h6-11,13-16H,5,12H2,1-4H3,(H,27,29)/b26-16+. The first-order chi connectivity index (χ1) is 14.4. The molecule has 1 aromatic heterocycles. The van der Waals surface area contributed by atoms with Gasteiger partial charge in [-0.25, -0.2) is 5.43 Å². The Morgan fingerprint density at radius 3 is 2.77 bits per heavy atom. The largest absolute Gasteiger partial charge is 0.451 e. The van der Waals surface area contributed by atoms with Crippen LogP contribution in [0, 0.1) is 0 Å². The number of furan rings is 1. The SMILES string of the molecule is CCCN1c2ccc(/C=N/NC(=O)c3cc4ccccc4o3)cc2C(C)=CC1(C)C. The third-order valence-electron chi connectivity index (χ3n) is 5.48. The second kappa shape index (κ2) is 7.82. The second-order valence-corrected chi connectivity index (χ2v) is 8.26. The number of allylic oxidation sites excluding steroid dienone is 1. The Morgan fingerprint density at radius 2 is 2.00 bits per heavy atom. The zero-order valence-corrected chi connectivity index (χ0v) is 17.9. The van der Waals surface area contributed by atoms with Crippen LogP contribution in [0.2, 0.25) is 0 Å². The minimum absolute atomic E-state index is 0.0107. The number of carbonyl (C=O) groups is 1. The summed E-state index contributed by atoms with van der Waals surface area (Å²) in [5.41, 5.74) is 7.86. The highest BCUT2D eigenvalue weighted by molar-refractivity contribution is 5.96. The van der Waals surface area contributed by atoms with Crippen LogP contribution in [-0.2, 0) is 0 Å². The van der Waals surface area contributed by atoms with Crippen molar-refractivity contribution < 1.29 is 9.21 Å². The van der Waals surface area contributed by atoms with Crippen LogP contribution in [0.1, 0.15) is 55.8 Å². The van der Waals surface area contributed by atoms with Gasteiger partial charge in [-0.05, 0) is 62.6 Å². The topological polar surface area (TPSA) is 57.8 Å². The van der Waals surface area contributed by atoms with E-state index < -0.39 is 0 Å². The summed E-state index contributed by atoms with van der Waals surface area (Å²) in [4.78, 5) is 14.8. The zero-order valence-electron chi connectivity index (χ0n) is 17.9. The highest BCUT2D eigenvalue weighted by atomic mass is 16.3. The molecule has 5 heteroatoms. The van der Waals surface area contributed by atoms with E-state index in [0.29, 0.717) is 5.58 Å². The van der Waals surface area contributed by atoms with Crippen LogP contribution in [0.25, 0.3) is 16.5 Å². The number of carbonyl (C=O) groups excluding carboxylic acids is 1. The van der Waals surface area contributed by atoms with Gasteiger partial charge in [-0.15, -0.1) is 0 Å². The molecule has 0 fully saturated rings. The van der Waals surface area contributed by atoms with Gasteiger partial charge in [0.2, 0.25) is 0 Å². The molecule has 2 heterocycles. The van der Waals surface area contributed by atoms with Gasteiger partial charge in [-0.3, -0.25) is 4.79 Å². The van der Waals surface area contributed by atoms with Gasteiger partial charge in [0.15, 0.2) is 5.76 Å². The first-order valence-electron chi connectivity index (χ1n) is 10.3. The van der Waals surface area contributed by atoms with Crippen LogP contribution in [0.4, 0.5) is 5.69 Å². The fraction of sp³-hybridized carbons (Fsp3) is 0.280. The number of rotatable bonds is 5. The van der Waals surface area contributed by atoms with E-state index in [2.05, 4.69) is 61.3 Å². The van der Waals surface area contributed by atoms with E-state index >= 15 is 0 Å². The Morgan fingerprint density at radius 1 is 1.20 bits per heavy atom. The Bertz CT molecular complexity index is 1120. The Labute approximate surface area is 177 Å². The molecule has 1 N–H and O–H groups in total. The van der Waals surface area contributed by atoms with Gasteiger partial charge in [0.25, 0.3) is 0 Å². The number of hydrogen-bond donors (Lipinski definition) is 1. The molecule has 3 aromatic rings. The molecular formula is C25H27N3O2. The van der Waals surface area contributed by atoms with Crippen LogP contribution in [0.15, 0.2) is 64.1 Å². The lowest BCUT2D eigenvalue weighted by molar-refractivity contribution is 0.0929. The number of anilines is 1. The molecule has 1 aliphatic heterocycles. The molecule has 154 valence electrons. The molecule has 0 aliphatic carbocycles. The molecule has 0 radical (unpaired) electrons. The lowest BCUT2D eigenvalue weighted by atomic mass is 9.88. The minimum atomic E-state index is -0.368. The molecule has 5 nitrogen and oxygen atoms in total. The van der Waals surface area contributed by atoms with Crippen LogP contribution < -0.4 is 10.3 Å². The molecule has 1 amide bonds. The average Bonchev–Trinajstić information content (AvgIpc) is 3.15. The Hall–Kier alpha value is -3.34. The van der Waals surface area contributed by atoms with E-state index in [1.54, 1.807) is 12.3 Å². The van der Waals surface area contributed by atoms with Crippen molar-refractivity contribution in [3.05, 3.63) is 71.5 Å². The predicted molar refractivity (Wildman–Crippen MR) is 123 cm³/mol. The van der Waals surface area contributed by atoms with Gasteiger partial charge in [0, 0.05) is 23.2 Å². The highest BCUT2D eigenvalue weighted by Gasteiger charge is 2.30. The number of amides is 1. The molecule has 4 rings (SSSR count). The quantitative estimate of drug-likeness (QED) is 0.447. The van der Waals surface area contributed by atoms with Crippen molar-refractivity contribution in [1.82, 2.24) is 5.43 Å². The van der Waals surface area contributed by atoms with E-state index in [9.17, 15) is 4.79 Å². The summed E-state index contributed by atoms with van der Waals surface area (Å²) in [5, 5.41) is 5.02. The maximum atomic E-state index is 12.3. The maximum absolute atomic E-state index is 12.3. The van der Waals surface area contributed by atoms with Crippen LogP contribution in [0.3, 0.4) is 0 Å². The van der Waals surface area contributed by atoms with Crippen molar-refractivity contribution in [2.24, 2.45) is 5.10 Å². The summed E-state index contributed by atoms with van der Waals surface area (Å²) >= 11 is 0. The van der Waals surface area contributed by atoms with Crippen molar-refractivity contribution in [1.29, 1.82) is 0 Å². The maximum Gasteiger partial charge on any atom is 0.307 e. The van der Waals surface area contributed by atoms with Gasteiger partial charge >= 0.3 is 5.91 Å². The number of nitrogens with zero attached hydrogens (tertiary/aromatic N) is 2. The first kappa shape index (κ1) is 20.0. The normalized spacial score (nSPS) is 15.3. The molecule has 30 heavy (non-hydrogen) atoms. The average molecular weight is 402 g/mol. The van der Waals surface area contributed by atoms with E-state index in [1.807, 2.05) is 30.3 Å². The number of hydrazone groups is 1. The smallest absolute Gasteiger partial charge is 0.307 e. The van der Waals surface area contributed by atoms with Gasteiger partial charge in [0.05, 0.1) is 11.8 Å². The van der Waals surface area contributed by atoms with Crippen LogP contribution >= 0.6 is 0 Å². The lowest BCUT2D eigenvalue weighted by Crippen LogP contribution is -2.45. The summed E-state index contributed by atoms with van der Waals surface area (Å²) in [7, 11) is 0. The molecule has 2 aromatic carbocycles. The summed E-state index contributed by atoms with van der Waals surface area (Å²) < 4.78 is 5.58. The second-order valence-electron chi connectivity index (χ2n) is 8.26. The lowest BCUT2D eigenvalue weighted by Gasteiger charge is -2.43. The first-order valence-corrected chi connectivity index (χ1v) is 10.3. The molecule has 0 spiro atoms. The van der Waals surface area contributed by atoms with E-state index in [-0.39, 0.29) is 17.2 Å². The van der Waals surface area contributed by atoms with Crippen molar-refractivity contribution in [2.75, 3.05) is 11.4 Å². The van der Waals surface area contributed by atoms with E-state index in [0.717, 1.165) is 23.9 Å². The fourth-order valence-electron chi connectivity index (χ4n) is 4.13. The molecule has 0 unspecified atom stereocenters. The molecule has 0 saturated carbocycles. The van der Waals surface area contributed by atoms with Crippen molar-refractivity contribution >= 4 is 34.4 Å². The highest BCUT2D eigenvalue weighted by Crippen LogP contribution is 2.39. The monoisotopic (exact) mass is 401 g/mol. The third-order valence-corrected chi connectivity index (χ3v) is 5.48. The molecular weight excluding hydrogens is 374 g/mol. The number of fused-ring (bicyclic) bond motifs is 2. The number of benzene rings is 2. The van der Waals surface area contributed by atoms with Gasteiger partial charge in [0.1, 0.15) is 5.58 Å². The van der Waals surface area contributed by atoms with E-state index in [1.165, 1.54) is 16.8 Å². The Balaban J connectivity index is 1.52. The minimum Gasteiger partial charge on any atom is -0.451 e. The zero-order chi connectivity index (χ0) is 21.3. The van der Waals surface area contributed by atoms with Crippen LogP contribution in [-0.4, -0.2) is 24.2 Å². The predicted octanol–water partition coefficient (Wildman–Crippen LogP) is 5.61. The molecule has 0 bridgehead atoms. The van der Waals surface area contributed by atoms with E-state index in [4.69, 9.17) is 4.42 Å². The fourth-order valence-corrected chi connectivity index (χ4v) is 4.13. The van der Waals surface area contributed by atoms with Gasteiger partial charge < -0.3 is 9.32 Å². The third kappa shape index (κ3) is 3.75. The van der Waals surface area contributed by atoms with Gasteiger partial charge in [-0.1, -0.05) is 37.3 Å². The summed E-state index contributed by atoms with van der Waals surface area (Å²) in [5.74, 6) is -0.123. The Kier molecular flexibility index (Phi) is 5.20. The molecule has 0 saturated heterocycles. The summed E-state index contributed by atoms with van der Waals surface area (Å²) in [6, 6.07) is 15.5. The molecule has 1 aliphatic rings. The summed E-state index contributed by atoms with van der Waals surface area (Å²) in [6.45, 7) is 9.85. The van der Waals surface area contributed by atoms with Crippen molar-refractivity contribution in [3.8, 4) is 0 Å². The number of nitrogens with one attached hydrogen (secondary N) is 1. The summed E-state index contributed by atoms with van der Waals surface area (Å²) in [6.07, 6.45) is 5.07. The van der Waals surface area contributed by atoms with Crippen molar-refractivity contribution in [2.45, 2.75) is 39.7 Å². The van der Waals surface area contributed by atoms with Crippen molar-refractivity contribution in [3.63, 3.8) is 0 Å². The van der Waals surface area contributed by atoms with Crippen LogP contribution in [0.5, 0.6) is 0 Å². The molecule has 0 atom stereocenters. The number of hydrogen-bond acceptors (Lipinski definition) is 4. The number of para-hydroxylation sites is 1.